The summed E-state index contributed by atoms with van der Waals surface area (Å²) < 4.78 is 6.16. The normalized spacial score (nSPS) is 21.4. The average Bonchev–Trinajstić information content (AvgIpc) is 2.44. The number of hydrogen-bond acceptors (Lipinski definition) is 4. The van der Waals surface area contributed by atoms with Gasteiger partial charge in [0.05, 0.1) is 17.3 Å². The lowest BCUT2D eigenvalue weighted by atomic mass is 9.80. The first-order valence-electron chi connectivity index (χ1n) is 6.60. The van der Waals surface area contributed by atoms with Crippen LogP contribution in [0, 0.1) is 0 Å². The first kappa shape index (κ1) is 13.5. The van der Waals surface area contributed by atoms with Gasteiger partial charge in [-0.15, -0.1) is 0 Å². The van der Waals surface area contributed by atoms with Crippen molar-refractivity contribution in [3.63, 3.8) is 0 Å². The van der Waals surface area contributed by atoms with Gasteiger partial charge < -0.3 is 10.5 Å². The Morgan fingerprint density at radius 3 is 2.75 bits per heavy atom. The SMILES string of the molecule is COc1ccc(-c2ccnc(C3CC(N)C3)n2)cc1Br. The molecule has 1 aromatic heterocycles. The summed E-state index contributed by atoms with van der Waals surface area (Å²) in [5.41, 5.74) is 7.81. The number of hydrogen-bond donors (Lipinski definition) is 1. The van der Waals surface area contributed by atoms with Crippen LogP contribution in [0.2, 0.25) is 0 Å². The van der Waals surface area contributed by atoms with Crippen molar-refractivity contribution in [2.24, 2.45) is 5.73 Å². The highest BCUT2D eigenvalue weighted by molar-refractivity contribution is 9.10. The molecule has 0 spiro atoms. The fourth-order valence-electron chi connectivity index (χ4n) is 2.43. The summed E-state index contributed by atoms with van der Waals surface area (Å²) in [5, 5.41) is 0. The van der Waals surface area contributed by atoms with E-state index in [0.29, 0.717) is 12.0 Å². The number of nitrogens with zero attached hydrogens (tertiary/aromatic N) is 2. The van der Waals surface area contributed by atoms with E-state index in [2.05, 4.69) is 25.9 Å². The fraction of sp³-hybridized carbons (Fsp3) is 0.333. The minimum Gasteiger partial charge on any atom is -0.496 e. The number of aromatic nitrogens is 2. The molecule has 0 bridgehead atoms. The molecule has 1 fully saturated rings. The summed E-state index contributed by atoms with van der Waals surface area (Å²) in [6, 6.07) is 8.18. The van der Waals surface area contributed by atoms with Crippen molar-refractivity contribution < 1.29 is 4.74 Å². The summed E-state index contributed by atoms with van der Waals surface area (Å²) in [4.78, 5) is 9.04. The van der Waals surface area contributed by atoms with E-state index < -0.39 is 0 Å². The summed E-state index contributed by atoms with van der Waals surface area (Å²) in [5.74, 6) is 2.12. The standard InChI is InChI=1S/C15H16BrN3O/c1-20-14-3-2-9(8-12(14)16)13-4-5-18-15(19-13)10-6-11(17)7-10/h2-5,8,10-11H,6-7,17H2,1H3. The van der Waals surface area contributed by atoms with E-state index in [1.165, 1.54) is 0 Å². The van der Waals surface area contributed by atoms with Crippen LogP contribution in [0.25, 0.3) is 11.3 Å². The molecule has 0 unspecified atom stereocenters. The van der Waals surface area contributed by atoms with Crippen molar-refractivity contribution >= 4 is 15.9 Å². The van der Waals surface area contributed by atoms with Crippen LogP contribution in [0.5, 0.6) is 5.75 Å². The van der Waals surface area contributed by atoms with Crippen LogP contribution in [0.3, 0.4) is 0 Å². The molecule has 0 saturated heterocycles. The Balaban J connectivity index is 1.90. The maximum Gasteiger partial charge on any atom is 0.133 e. The van der Waals surface area contributed by atoms with Crippen molar-refractivity contribution in [1.29, 1.82) is 0 Å². The van der Waals surface area contributed by atoms with Gasteiger partial charge in [0.15, 0.2) is 0 Å². The Morgan fingerprint density at radius 1 is 1.30 bits per heavy atom. The third kappa shape index (κ3) is 2.55. The van der Waals surface area contributed by atoms with Crippen LogP contribution >= 0.6 is 15.9 Å². The summed E-state index contributed by atoms with van der Waals surface area (Å²) in [6.07, 6.45) is 3.78. The van der Waals surface area contributed by atoms with Crippen molar-refractivity contribution in [3.8, 4) is 17.0 Å². The molecule has 0 aliphatic heterocycles. The van der Waals surface area contributed by atoms with Crippen LogP contribution in [0.4, 0.5) is 0 Å². The van der Waals surface area contributed by atoms with Gasteiger partial charge in [-0.25, -0.2) is 9.97 Å². The molecule has 1 heterocycles. The summed E-state index contributed by atoms with van der Waals surface area (Å²) in [7, 11) is 1.66. The average molecular weight is 334 g/mol. The van der Waals surface area contributed by atoms with Crippen LogP contribution in [-0.4, -0.2) is 23.1 Å². The Morgan fingerprint density at radius 2 is 2.10 bits per heavy atom. The molecule has 104 valence electrons. The number of ether oxygens (including phenoxy) is 1. The Hall–Kier alpha value is -1.46. The lowest BCUT2D eigenvalue weighted by Crippen LogP contribution is -2.35. The lowest BCUT2D eigenvalue weighted by Gasteiger charge is -2.31. The molecule has 3 rings (SSSR count). The topological polar surface area (TPSA) is 61.0 Å². The van der Waals surface area contributed by atoms with Crippen molar-refractivity contribution in [2.75, 3.05) is 7.11 Å². The zero-order chi connectivity index (χ0) is 14.1. The van der Waals surface area contributed by atoms with Crippen molar-refractivity contribution in [1.82, 2.24) is 9.97 Å². The van der Waals surface area contributed by atoms with E-state index in [9.17, 15) is 0 Å². The lowest BCUT2D eigenvalue weighted by molar-refractivity contribution is 0.338. The molecule has 0 radical (unpaired) electrons. The smallest absolute Gasteiger partial charge is 0.133 e. The second-order valence-corrected chi connectivity index (χ2v) is 5.93. The molecular weight excluding hydrogens is 318 g/mol. The van der Waals surface area contributed by atoms with Gasteiger partial charge in [-0.2, -0.15) is 0 Å². The molecule has 5 heteroatoms. The molecule has 20 heavy (non-hydrogen) atoms. The molecule has 0 amide bonds. The fourth-order valence-corrected chi connectivity index (χ4v) is 2.97. The molecule has 1 aromatic carbocycles. The van der Waals surface area contributed by atoms with Crippen LogP contribution in [0.1, 0.15) is 24.6 Å². The van der Waals surface area contributed by atoms with Gasteiger partial charge in [0, 0.05) is 23.7 Å². The minimum absolute atomic E-state index is 0.308. The Bertz CT molecular complexity index is 626. The second kappa shape index (κ2) is 5.50. The molecule has 0 atom stereocenters. The van der Waals surface area contributed by atoms with Gasteiger partial charge in [-0.3, -0.25) is 0 Å². The zero-order valence-electron chi connectivity index (χ0n) is 11.2. The van der Waals surface area contributed by atoms with Crippen molar-refractivity contribution in [3.05, 3.63) is 40.8 Å². The van der Waals surface area contributed by atoms with E-state index in [0.717, 1.165) is 40.1 Å². The van der Waals surface area contributed by atoms with E-state index in [-0.39, 0.29) is 0 Å². The van der Waals surface area contributed by atoms with Gasteiger partial charge in [0.1, 0.15) is 11.6 Å². The maximum atomic E-state index is 5.83. The van der Waals surface area contributed by atoms with Gasteiger partial charge in [0.2, 0.25) is 0 Å². The highest BCUT2D eigenvalue weighted by Gasteiger charge is 2.29. The summed E-state index contributed by atoms with van der Waals surface area (Å²) >= 11 is 3.50. The third-order valence-corrected chi connectivity index (χ3v) is 4.28. The van der Waals surface area contributed by atoms with E-state index in [1.807, 2.05) is 30.5 Å². The first-order chi connectivity index (χ1) is 9.67. The number of halogens is 1. The van der Waals surface area contributed by atoms with Crippen LogP contribution in [-0.2, 0) is 0 Å². The maximum absolute atomic E-state index is 5.83. The highest BCUT2D eigenvalue weighted by atomic mass is 79.9. The predicted octanol–water partition coefficient (Wildman–Crippen LogP) is 3.12. The monoisotopic (exact) mass is 333 g/mol. The van der Waals surface area contributed by atoms with Gasteiger partial charge >= 0.3 is 0 Å². The highest BCUT2D eigenvalue weighted by Crippen LogP contribution is 2.35. The number of benzene rings is 1. The predicted molar refractivity (Wildman–Crippen MR) is 81.7 cm³/mol. The molecule has 1 aliphatic carbocycles. The van der Waals surface area contributed by atoms with E-state index >= 15 is 0 Å². The van der Waals surface area contributed by atoms with E-state index in [1.54, 1.807) is 7.11 Å². The number of methoxy groups -OCH3 is 1. The molecule has 1 aliphatic rings. The Kier molecular flexibility index (Phi) is 3.72. The zero-order valence-corrected chi connectivity index (χ0v) is 12.8. The third-order valence-electron chi connectivity index (χ3n) is 3.66. The molecule has 2 N–H and O–H groups in total. The van der Waals surface area contributed by atoms with Crippen molar-refractivity contribution in [2.45, 2.75) is 24.8 Å². The van der Waals surface area contributed by atoms with Crippen LogP contribution in [0.15, 0.2) is 34.9 Å². The molecule has 4 nitrogen and oxygen atoms in total. The molecule has 2 aromatic rings. The Labute approximate surface area is 126 Å². The second-order valence-electron chi connectivity index (χ2n) is 5.08. The number of nitrogens with two attached hydrogens (primary N) is 1. The summed E-state index contributed by atoms with van der Waals surface area (Å²) in [6.45, 7) is 0. The van der Waals surface area contributed by atoms with Gasteiger partial charge in [-0.05, 0) is 53.0 Å². The quantitative estimate of drug-likeness (QED) is 0.937. The largest absolute Gasteiger partial charge is 0.496 e. The minimum atomic E-state index is 0.308. The number of rotatable bonds is 3. The van der Waals surface area contributed by atoms with E-state index in [4.69, 9.17) is 10.5 Å². The van der Waals surface area contributed by atoms with Crippen LogP contribution < -0.4 is 10.5 Å². The van der Waals surface area contributed by atoms with Gasteiger partial charge in [-0.1, -0.05) is 0 Å². The molecular formula is C15H16BrN3O. The molecule has 1 saturated carbocycles. The first-order valence-corrected chi connectivity index (χ1v) is 7.39. The van der Waals surface area contributed by atoms with Gasteiger partial charge in [0.25, 0.3) is 0 Å².